The van der Waals surface area contributed by atoms with Gasteiger partial charge in [0.1, 0.15) is 5.75 Å². The number of rotatable bonds is 11. The molecule has 6 nitrogen and oxygen atoms in total. The zero-order chi connectivity index (χ0) is 19.3. The summed E-state index contributed by atoms with van der Waals surface area (Å²) in [5.74, 6) is 0.0992. The highest BCUT2D eigenvalue weighted by atomic mass is 16.5. The largest absolute Gasteiger partial charge is 0.484 e. The van der Waals surface area contributed by atoms with Crippen LogP contribution in [0.3, 0.4) is 0 Å². The number of benzene rings is 2. The molecule has 2 aromatic carbocycles. The minimum atomic E-state index is -0.323. The van der Waals surface area contributed by atoms with Gasteiger partial charge in [-0.05, 0) is 37.7 Å². The second-order valence-electron chi connectivity index (χ2n) is 6.31. The number of hydrogen-bond donors (Lipinski definition) is 2. The average Bonchev–Trinajstić information content (AvgIpc) is 2.69. The molecule has 2 N–H and O–H groups in total. The molecule has 0 aliphatic carbocycles. The molecular weight excluding hydrogens is 342 g/mol. The molecule has 0 spiro atoms. The van der Waals surface area contributed by atoms with Crippen molar-refractivity contribution in [3.8, 4) is 5.75 Å². The Hall–Kier alpha value is -2.86. The Morgan fingerprint density at radius 1 is 0.926 bits per heavy atom. The van der Waals surface area contributed by atoms with Gasteiger partial charge in [-0.25, -0.2) is 0 Å². The van der Waals surface area contributed by atoms with E-state index in [0.29, 0.717) is 12.3 Å². The molecule has 0 aliphatic rings. The van der Waals surface area contributed by atoms with Gasteiger partial charge in [-0.2, -0.15) is 0 Å². The van der Waals surface area contributed by atoms with Crippen molar-refractivity contribution < 1.29 is 14.3 Å². The van der Waals surface area contributed by atoms with E-state index in [1.807, 2.05) is 36.4 Å². The van der Waals surface area contributed by atoms with Gasteiger partial charge in [0, 0.05) is 13.1 Å². The minimum Gasteiger partial charge on any atom is -0.484 e. The predicted molar refractivity (Wildman–Crippen MR) is 105 cm³/mol. The van der Waals surface area contributed by atoms with Crippen molar-refractivity contribution in [1.82, 2.24) is 15.5 Å². The standard InChI is InChI=1S/C21H27N3O3/c1-24(16-18-9-4-2-5-10-18)14-8-13-22-20(25)15-23-21(26)17-27-19-11-6-3-7-12-19/h2-7,9-12H,8,13-17H2,1H3,(H,22,25)(H,23,26). The summed E-state index contributed by atoms with van der Waals surface area (Å²) >= 11 is 0. The van der Waals surface area contributed by atoms with Crippen molar-refractivity contribution in [3.05, 3.63) is 66.2 Å². The Kier molecular flexibility index (Phi) is 8.86. The van der Waals surface area contributed by atoms with Crippen LogP contribution < -0.4 is 15.4 Å². The van der Waals surface area contributed by atoms with Crippen molar-refractivity contribution >= 4 is 11.8 Å². The third-order valence-corrected chi connectivity index (χ3v) is 3.89. The van der Waals surface area contributed by atoms with Crippen LogP contribution in [0.15, 0.2) is 60.7 Å². The highest BCUT2D eigenvalue weighted by Gasteiger charge is 2.06. The maximum absolute atomic E-state index is 11.8. The average molecular weight is 369 g/mol. The fraction of sp³-hybridized carbons (Fsp3) is 0.333. The highest BCUT2D eigenvalue weighted by molar-refractivity contribution is 5.85. The van der Waals surface area contributed by atoms with Gasteiger partial charge in [0.15, 0.2) is 6.61 Å². The number of ether oxygens (including phenoxy) is 1. The quantitative estimate of drug-likeness (QED) is 0.593. The first-order chi connectivity index (χ1) is 13.1. The van der Waals surface area contributed by atoms with Gasteiger partial charge in [0.05, 0.1) is 6.54 Å². The zero-order valence-electron chi connectivity index (χ0n) is 15.7. The normalized spacial score (nSPS) is 10.4. The third-order valence-electron chi connectivity index (χ3n) is 3.89. The molecule has 2 aromatic rings. The lowest BCUT2D eigenvalue weighted by atomic mass is 10.2. The Balaban J connectivity index is 1.51. The molecule has 0 aromatic heterocycles. The maximum Gasteiger partial charge on any atom is 0.258 e. The van der Waals surface area contributed by atoms with Crippen molar-refractivity contribution in [3.63, 3.8) is 0 Å². The van der Waals surface area contributed by atoms with Crippen molar-refractivity contribution in [2.24, 2.45) is 0 Å². The Labute approximate surface area is 160 Å². The first-order valence-corrected chi connectivity index (χ1v) is 9.07. The number of hydrogen-bond acceptors (Lipinski definition) is 4. The summed E-state index contributed by atoms with van der Waals surface area (Å²) < 4.78 is 5.32. The molecule has 0 fully saturated rings. The monoisotopic (exact) mass is 369 g/mol. The molecule has 0 saturated carbocycles. The van der Waals surface area contributed by atoms with Crippen molar-refractivity contribution in [2.75, 3.05) is 33.3 Å². The summed E-state index contributed by atoms with van der Waals surface area (Å²) in [7, 11) is 2.06. The molecule has 0 heterocycles. The van der Waals surface area contributed by atoms with Gasteiger partial charge in [-0.15, -0.1) is 0 Å². The number of nitrogens with zero attached hydrogens (tertiary/aromatic N) is 1. The van der Waals surface area contributed by atoms with E-state index in [9.17, 15) is 9.59 Å². The number of nitrogens with one attached hydrogen (secondary N) is 2. The van der Waals surface area contributed by atoms with Crippen LogP contribution in [0.5, 0.6) is 5.75 Å². The molecule has 27 heavy (non-hydrogen) atoms. The van der Waals surface area contributed by atoms with Crippen LogP contribution in [0.2, 0.25) is 0 Å². The van der Waals surface area contributed by atoms with Crippen LogP contribution in [0.25, 0.3) is 0 Å². The maximum atomic E-state index is 11.8. The fourth-order valence-electron chi connectivity index (χ4n) is 2.51. The Morgan fingerprint density at radius 2 is 1.59 bits per heavy atom. The van der Waals surface area contributed by atoms with Gasteiger partial charge in [-0.1, -0.05) is 48.5 Å². The summed E-state index contributed by atoms with van der Waals surface area (Å²) in [5.41, 5.74) is 1.27. The van der Waals surface area contributed by atoms with E-state index in [4.69, 9.17) is 4.74 Å². The molecule has 6 heteroatoms. The molecule has 0 atom stereocenters. The third kappa shape index (κ3) is 8.87. The highest BCUT2D eigenvalue weighted by Crippen LogP contribution is 2.07. The van der Waals surface area contributed by atoms with E-state index < -0.39 is 0 Å². The summed E-state index contributed by atoms with van der Waals surface area (Å²) in [6.45, 7) is 2.19. The first kappa shape index (κ1) is 20.5. The van der Waals surface area contributed by atoms with Gasteiger partial charge in [-0.3, -0.25) is 9.59 Å². The topological polar surface area (TPSA) is 70.7 Å². The lowest BCUT2D eigenvalue weighted by Gasteiger charge is -2.16. The van der Waals surface area contributed by atoms with Crippen LogP contribution >= 0.6 is 0 Å². The van der Waals surface area contributed by atoms with E-state index >= 15 is 0 Å². The molecule has 0 aliphatic heterocycles. The fourth-order valence-corrected chi connectivity index (χ4v) is 2.51. The molecule has 0 radical (unpaired) electrons. The van der Waals surface area contributed by atoms with Crippen LogP contribution in [-0.2, 0) is 16.1 Å². The van der Waals surface area contributed by atoms with Crippen molar-refractivity contribution in [2.45, 2.75) is 13.0 Å². The molecule has 0 unspecified atom stereocenters. The Morgan fingerprint density at radius 3 is 2.30 bits per heavy atom. The van der Waals surface area contributed by atoms with Gasteiger partial charge >= 0.3 is 0 Å². The molecule has 2 amide bonds. The molecule has 144 valence electrons. The molecule has 0 saturated heterocycles. The van der Waals surface area contributed by atoms with Crippen molar-refractivity contribution in [1.29, 1.82) is 0 Å². The molecular formula is C21H27N3O3. The SMILES string of the molecule is CN(CCCNC(=O)CNC(=O)COc1ccccc1)Cc1ccccc1. The lowest BCUT2D eigenvalue weighted by molar-refractivity contribution is -0.127. The lowest BCUT2D eigenvalue weighted by Crippen LogP contribution is -2.39. The van der Waals surface area contributed by atoms with E-state index in [0.717, 1.165) is 19.5 Å². The summed E-state index contributed by atoms with van der Waals surface area (Å²) in [6, 6.07) is 19.3. The van der Waals surface area contributed by atoms with E-state index in [-0.39, 0.29) is 25.0 Å². The summed E-state index contributed by atoms with van der Waals surface area (Å²) in [5, 5.41) is 5.36. The molecule has 0 bridgehead atoms. The van der Waals surface area contributed by atoms with E-state index in [2.05, 4.69) is 34.7 Å². The van der Waals surface area contributed by atoms with Crippen LogP contribution in [0, 0.1) is 0 Å². The van der Waals surface area contributed by atoms with Gasteiger partial charge < -0.3 is 20.3 Å². The van der Waals surface area contributed by atoms with Crippen LogP contribution in [-0.4, -0.2) is 50.0 Å². The summed E-state index contributed by atoms with van der Waals surface area (Å²) in [6.07, 6.45) is 0.847. The first-order valence-electron chi connectivity index (χ1n) is 9.07. The second-order valence-corrected chi connectivity index (χ2v) is 6.31. The van der Waals surface area contributed by atoms with Gasteiger partial charge in [0.2, 0.25) is 5.91 Å². The van der Waals surface area contributed by atoms with Crippen LogP contribution in [0.4, 0.5) is 0 Å². The summed E-state index contributed by atoms with van der Waals surface area (Å²) in [4.78, 5) is 25.7. The number of para-hydroxylation sites is 1. The van der Waals surface area contributed by atoms with E-state index in [1.165, 1.54) is 5.56 Å². The number of amides is 2. The zero-order valence-corrected chi connectivity index (χ0v) is 15.7. The Bertz CT molecular complexity index is 692. The molecule has 2 rings (SSSR count). The predicted octanol–water partition coefficient (Wildman–Crippen LogP) is 1.82. The van der Waals surface area contributed by atoms with Gasteiger partial charge in [0.25, 0.3) is 5.91 Å². The second kappa shape index (κ2) is 11.7. The van der Waals surface area contributed by atoms with E-state index in [1.54, 1.807) is 12.1 Å². The number of carbonyl (C=O) groups is 2. The smallest absolute Gasteiger partial charge is 0.258 e. The van der Waals surface area contributed by atoms with Crippen LogP contribution in [0.1, 0.15) is 12.0 Å². The minimum absolute atomic E-state index is 0.0448. The number of carbonyl (C=O) groups excluding carboxylic acids is 2.